The number of anilines is 1. The van der Waals surface area contributed by atoms with E-state index in [-0.39, 0.29) is 11.5 Å². The molecule has 0 bridgehead atoms. The zero-order valence-corrected chi connectivity index (χ0v) is 19.0. The van der Waals surface area contributed by atoms with E-state index in [0.717, 1.165) is 23.4 Å². The fraction of sp³-hybridized carbons (Fsp3) is 0.0741. The summed E-state index contributed by atoms with van der Waals surface area (Å²) in [5.74, 6) is -1.71. The van der Waals surface area contributed by atoms with Gasteiger partial charge in [-0.3, -0.25) is 10.1 Å². The number of para-hydroxylation sites is 1. The van der Waals surface area contributed by atoms with Crippen molar-refractivity contribution >= 4 is 33.3 Å². The Morgan fingerprint density at radius 3 is 2.50 bits per heavy atom. The molecule has 0 aliphatic heterocycles. The van der Waals surface area contributed by atoms with Crippen molar-refractivity contribution < 1.29 is 13.6 Å². The summed E-state index contributed by atoms with van der Waals surface area (Å²) < 4.78 is 27.4. The Balaban J connectivity index is 1.49. The summed E-state index contributed by atoms with van der Waals surface area (Å²) in [7, 11) is 0. The van der Waals surface area contributed by atoms with E-state index in [1.165, 1.54) is 29.0 Å². The minimum atomic E-state index is -0.706. The number of halogens is 2. The fourth-order valence-electron chi connectivity index (χ4n) is 3.74. The number of aromatic nitrogens is 2. The monoisotopic (exact) mass is 471 g/mol. The van der Waals surface area contributed by atoms with Gasteiger partial charge < -0.3 is 0 Å². The van der Waals surface area contributed by atoms with Gasteiger partial charge in [0.2, 0.25) is 0 Å². The molecule has 2 aromatic heterocycles. The molecule has 0 radical (unpaired) electrons. The molecule has 0 aliphatic rings. The van der Waals surface area contributed by atoms with Gasteiger partial charge in [-0.15, -0.1) is 11.3 Å². The first-order chi connectivity index (χ1) is 16.5. The van der Waals surface area contributed by atoms with Gasteiger partial charge in [0.25, 0.3) is 5.91 Å². The van der Waals surface area contributed by atoms with Crippen molar-refractivity contribution in [2.75, 3.05) is 5.32 Å². The summed E-state index contributed by atoms with van der Waals surface area (Å²) in [6, 6.07) is 20.7. The third kappa shape index (κ3) is 4.30. The highest BCUT2D eigenvalue weighted by Gasteiger charge is 2.17. The maximum atomic E-state index is 14.1. The van der Waals surface area contributed by atoms with Crippen molar-refractivity contribution in [1.29, 1.82) is 0 Å². The van der Waals surface area contributed by atoms with Gasteiger partial charge in [0, 0.05) is 28.0 Å². The summed E-state index contributed by atoms with van der Waals surface area (Å²) >= 11 is 1.17. The van der Waals surface area contributed by atoms with Crippen molar-refractivity contribution in [2.45, 2.75) is 13.3 Å². The van der Waals surface area contributed by atoms with Crippen molar-refractivity contribution in [3.05, 3.63) is 101 Å². The van der Waals surface area contributed by atoms with Crippen molar-refractivity contribution in [3.8, 4) is 22.5 Å². The second kappa shape index (κ2) is 9.11. The van der Waals surface area contributed by atoms with E-state index < -0.39 is 11.6 Å². The first-order valence-electron chi connectivity index (χ1n) is 10.7. The average molecular weight is 472 g/mol. The quantitative estimate of drug-likeness (QED) is 0.297. The van der Waals surface area contributed by atoms with Crippen LogP contribution >= 0.6 is 11.3 Å². The maximum Gasteiger partial charge on any atom is 0.258 e. The predicted octanol–water partition coefficient (Wildman–Crippen LogP) is 7.12. The standard InChI is InChI=1S/C27H19F2N3OS/c1-2-16-7-9-17(10-8-16)24-14-21(19-5-3-4-6-23(19)30-24)26(33)32-27-31-25(15-34-27)20-12-11-18(28)13-22(20)29/h3-15H,2H2,1H3,(H,31,32,33). The van der Waals surface area contributed by atoms with Gasteiger partial charge >= 0.3 is 0 Å². The summed E-state index contributed by atoms with van der Waals surface area (Å²) in [6.07, 6.45) is 0.941. The lowest BCUT2D eigenvalue weighted by Crippen LogP contribution is -2.13. The maximum absolute atomic E-state index is 14.1. The van der Waals surface area contributed by atoms with Gasteiger partial charge in [0.05, 0.1) is 22.5 Å². The summed E-state index contributed by atoms with van der Waals surface area (Å²) in [4.78, 5) is 22.3. The molecule has 1 N–H and O–H groups in total. The van der Waals surface area contributed by atoms with E-state index in [4.69, 9.17) is 4.98 Å². The van der Waals surface area contributed by atoms with E-state index in [0.29, 0.717) is 27.6 Å². The number of pyridine rings is 1. The normalized spacial score (nSPS) is 11.0. The van der Waals surface area contributed by atoms with Crippen LogP contribution in [0.2, 0.25) is 0 Å². The second-order valence-corrected chi connectivity index (χ2v) is 8.60. The number of hydrogen-bond donors (Lipinski definition) is 1. The third-order valence-electron chi connectivity index (χ3n) is 5.55. The van der Waals surface area contributed by atoms with E-state index >= 15 is 0 Å². The number of carbonyl (C=O) groups is 1. The molecule has 5 rings (SSSR count). The third-order valence-corrected chi connectivity index (χ3v) is 6.31. The number of nitrogens with one attached hydrogen (secondary N) is 1. The molecule has 2 heterocycles. The number of fused-ring (bicyclic) bond motifs is 1. The number of hydrogen-bond acceptors (Lipinski definition) is 4. The minimum Gasteiger partial charge on any atom is -0.298 e. The predicted molar refractivity (Wildman–Crippen MR) is 132 cm³/mol. The Bertz CT molecular complexity index is 1510. The summed E-state index contributed by atoms with van der Waals surface area (Å²) in [5, 5.41) is 5.47. The first kappa shape index (κ1) is 21.9. The summed E-state index contributed by atoms with van der Waals surface area (Å²) in [6.45, 7) is 2.10. The molecule has 0 fully saturated rings. The fourth-order valence-corrected chi connectivity index (χ4v) is 4.44. The van der Waals surface area contributed by atoms with E-state index in [1.54, 1.807) is 11.4 Å². The number of carbonyl (C=O) groups excluding carboxylic acids is 1. The molecule has 0 saturated carbocycles. The van der Waals surface area contributed by atoms with Gasteiger partial charge in [-0.05, 0) is 36.2 Å². The second-order valence-electron chi connectivity index (χ2n) is 7.74. The van der Waals surface area contributed by atoms with Crippen LogP contribution in [0.25, 0.3) is 33.4 Å². The smallest absolute Gasteiger partial charge is 0.258 e. The lowest BCUT2D eigenvalue weighted by Gasteiger charge is -2.10. The minimum absolute atomic E-state index is 0.172. The highest BCUT2D eigenvalue weighted by atomic mass is 32.1. The molecule has 0 unspecified atom stereocenters. The number of aryl methyl sites for hydroxylation is 1. The molecular weight excluding hydrogens is 452 g/mol. The SMILES string of the molecule is CCc1ccc(-c2cc(C(=O)Nc3nc(-c4ccc(F)cc4F)cs3)c3ccccc3n2)cc1. The zero-order valence-electron chi connectivity index (χ0n) is 18.2. The van der Waals surface area contributed by atoms with Crippen LogP contribution in [-0.2, 0) is 6.42 Å². The van der Waals surface area contributed by atoms with Gasteiger partial charge in [-0.25, -0.2) is 18.7 Å². The molecule has 168 valence electrons. The Morgan fingerprint density at radius 1 is 0.941 bits per heavy atom. The van der Waals surface area contributed by atoms with Crippen LogP contribution in [0, 0.1) is 11.6 Å². The van der Waals surface area contributed by atoms with Crippen molar-refractivity contribution in [1.82, 2.24) is 9.97 Å². The molecule has 0 spiro atoms. The number of thiazole rings is 1. The van der Waals surface area contributed by atoms with Crippen LogP contribution in [0.15, 0.2) is 78.2 Å². The van der Waals surface area contributed by atoms with Crippen LogP contribution in [0.4, 0.5) is 13.9 Å². The molecule has 1 amide bonds. The summed E-state index contributed by atoms with van der Waals surface area (Å²) in [5.41, 5.74) is 4.50. The van der Waals surface area contributed by atoms with Crippen LogP contribution in [0.5, 0.6) is 0 Å². The highest BCUT2D eigenvalue weighted by molar-refractivity contribution is 7.14. The van der Waals surface area contributed by atoms with E-state index in [1.807, 2.05) is 36.4 Å². The molecule has 5 aromatic rings. The molecule has 0 aliphatic carbocycles. The van der Waals surface area contributed by atoms with Gasteiger partial charge in [0.1, 0.15) is 11.6 Å². The molecule has 0 atom stereocenters. The number of nitrogens with zero attached hydrogens (tertiary/aromatic N) is 2. The number of benzene rings is 3. The van der Waals surface area contributed by atoms with Crippen molar-refractivity contribution in [2.24, 2.45) is 0 Å². The van der Waals surface area contributed by atoms with Crippen LogP contribution in [0.3, 0.4) is 0 Å². The first-order valence-corrected chi connectivity index (χ1v) is 11.6. The molecule has 3 aromatic carbocycles. The number of amides is 1. The van der Waals surface area contributed by atoms with Crippen LogP contribution < -0.4 is 5.32 Å². The Labute approximate surface area is 199 Å². The molecule has 0 saturated heterocycles. The molecule has 7 heteroatoms. The Hall–Kier alpha value is -3.97. The van der Waals surface area contributed by atoms with Gasteiger partial charge in [-0.1, -0.05) is 49.4 Å². The van der Waals surface area contributed by atoms with E-state index in [9.17, 15) is 13.6 Å². The van der Waals surface area contributed by atoms with Gasteiger partial charge in [0.15, 0.2) is 5.13 Å². The molecular formula is C27H19F2N3OS. The topological polar surface area (TPSA) is 54.9 Å². The van der Waals surface area contributed by atoms with Crippen molar-refractivity contribution in [3.63, 3.8) is 0 Å². The largest absolute Gasteiger partial charge is 0.298 e. The van der Waals surface area contributed by atoms with Gasteiger partial charge in [-0.2, -0.15) is 0 Å². The van der Waals surface area contributed by atoms with Crippen LogP contribution in [-0.4, -0.2) is 15.9 Å². The Morgan fingerprint density at radius 2 is 1.74 bits per heavy atom. The lowest BCUT2D eigenvalue weighted by molar-refractivity contribution is 0.102. The van der Waals surface area contributed by atoms with Crippen LogP contribution in [0.1, 0.15) is 22.8 Å². The zero-order chi connectivity index (χ0) is 23.7. The molecule has 34 heavy (non-hydrogen) atoms. The average Bonchev–Trinajstić information content (AvgIpc) is 3.31. The Kier molecular flexibility index (Phi) is 5.86. The number of rotatable bonds is 5. The highest BCUT2D eigenvalue weighted by Crippen LogP contribution is 2.29. The lowest BCUT2D eigenvalue weighted by atomic mass is 10.0. The molecule has 4 nitrogen and oxygen atoms in total. The van der Waals surface area contributed by atoms with E-state index in [2.05, 4.69) is 29.4 Å².